The van der Waals surface area contributed by atoms with E-state index in [0.29, 0.717) is 26.1 Å². The maximum Gasteiger partial charge on any atom is 0.247 e. The summed E-state index contributed by atoms with van der Waals surface area (Å²) >= 11 is 0. The molecule has 1 amide bonds. The molecule has 1 saturated heterocycles. The molecule has 0 saturated carbocycles. The molecule has 10 heteroatoms. The highest BCUT2D eigenvalue weighted by molar-refractivity contribution is 7.88. The van der Waals surface area contributed by atoms with Crippen molar-refractivity contribution in [3.05, 3.63) is 46.5 Å². The van der Waals surface area contributed by atoms with Gasteiger partial charge in [0.15, 0.2) is 0 Å². The Balaban J connectivity index is 1.47. The summed E-state index contributed by atoms with van der Waals surface area (Å²) in [4.78, 5) is 19.3. The van der Waals surface area contributed by atoms with Crippen molar-refractivity contribution in [1.82, 2.24) is 29.4 Å². The van der Waals surface area contributed by atoms with Crippen LogP contribution in [0.4, 0.5) is 0 Å². The lowest BCUT2D eigenvalue weighted by Crippen LogP contribution is -2.60. The SMILES string of the molecule is CCC1=C(N(C)C2=Cc3c(ncn3C)CN2)CCC(C(=O)NC2CN(S(C)(=O)=O)C2)=C1. The van der Waals surface area contributed by atoms with Gasteiger partial charge in [0.2, 0.25) is 15.9 Å². The van der Waals surface area contributed by atoms with Crippen LogP contribution in [-0.2, 0) is 28.4 Å². The summed E-state index contributed by atoms with van der Waals surface area (Å²) in [5.74, 6) is 0.925. The van der Waals surface area contributed by atoms with Gasteiger partial charge in [-0.25, -0.2) is 13.4 Å². The first kappa shape index (κ1) is 21.6. The van der Waals surface area contributed by atoms with Gasteiger partial charge in [0, 0.05) is 44.5 Å². The summed E-state index contributed by atoms with van der Waals surface area (Å²) in [6, 6.07) is -0.120. The van der Waals surface area contributed by atoms with Crippen molar-refractivity contribution in [1.29, 1.82) is 0 Å². The number of aromatic nitrogens is 2. The lowest BCUT2D eigenvalue weighted by molar-refractivity contribution is -0.119. The van der Waals surface area contributed by atoms with E-state index < -0.39 is 10.0 Å². The number of nitrogens with one attached hydrogen (secondary N) is 2. The van der Waals surface area contributed by atoms with Gasteiger partial charge in [-0.1, -0.05) is 6.92 Å². The van der Waals surface area contributed by atoms with Gasteiger partial charge in [-0.05, 0) is 30.9 Å². The summed E-state index contributed by atoms with van der Waals surface area (Å²) in [6.07, 6.45) is 9.38. The molecule has 1 aromatic rings. The van der Waals surface area contributed by atoms with Crippen LogP contribution in [0, 0.1) is 0 Å². The number of hydrogen-bond donors (Lipinski definition) is 2. The Morgan fingerprint density at radius 3 is 2.74 bits per heavy atom. The minimum absolute atomic E-state index is 0.0969. The van der Waals surface area contributed by atoms with E-state index in [0.717, 1.165) is 41.2 Å². The number of aryl methyl sites for hydroxylation is 1. The fourth-order valence-electron chi connectivity index (χ4n) is 4.25. The molecule has 4 rings (SSSR count). The molecule has 0 radical (unpaired) electrons. The normalized spacial score (nSPS) is 19.7. The lowest BCUT2D eigenvalue weighted by Gasteiger charge is -2.38. The number of sulfonamides is 1. The van der Waals surface area contributed by atoms with Gasteiger partial charge in [-0.15, -0.1) is 0 Å². The molecule has 0 spiro atoms. The van der Waals surface area contributed by atoms with Crippen molar-refractivity contribution >= 4 is 22.0 Å². The standard InChI is InChI=1S/C21H30N6O3S/c1-5-14-8-15(21(28)24-16-11-27(12-16)31(4,29)30)6-7-18(14)26(3)20-9-19-17(10-22-20)23-13-25(19)2/h8-9,13,16,22H,5-7,10-12H2,1-4H3,(H,24,28). The van der Waals surface area contributed by atoms with Crippen molar-refractivity contribution in [2.45, 2.75) is 38.8 Å². The van der Waals surface area contributed by atoms with E-state index in [9.17, 15) is 13.2 Å². The average Bonchev–Trinajstić information content (AvgIpc) is 3.08. The van der Waals surface area contributed by atoms with Gasteiger partial charge in [-0.3, -0.25) is 4.79 Å². The molecule has 0 bridgehead atoms. The minimum atomic E-state index is -3.18. The zero-order valence-corrected chi connectivity index (χ0v) is 19.3. The van der Waals surface area contributed by atoms with Gasteiger partial charge in [-0.2, -0.15) is 4.31 Å². The number of allylic oxidation sites excluding steroid dienone is 3. The van der Waals surface area contributed by atoms with Gasteiger partial charge < -0.3 is 20.1 Å². The highest BCUT2D eigenvalue weighted by Crippen LogP contribution is 2.31. The Hall–Kier alpha value is -2.59. The van der Waals surface area contributed by atoms with Crippen LogP contribution < -0.4 is 10.6 Å². The molecule has 3 aliphatic rings. The molecule has 1 aliphatic carbocycles. The number of imidazole rings is 1. The topological polar surface area (TPSA) is 99.6 Å². The van der Waals surface area contributed by atoms with Crippen LogP contribution >= 0.6 is 0 Å². The van der Waals surface area contributed by atoms with Crippen LogP contribution in [0.3, 0.4) is 0 Å². The van der Waals surface area contributed by atoms with Crippen molar-refractivity contribution in [3.8, 4) is 0 Å². The molecule has 0 unspecified atom stereocenters. The van der Waals surface area contributed by atoms with Gasteiger partial charge >= 0.3 is 0 Å². The molecule has 31 heavy (non-hydrogen) atoms. The van der Waals surface area contributed by atoms with E-state index >= 15 is 0 Å². The van der Waals surface area contributed by atoms with E-state index in [1.54, 1.807) is 0 Å². The first-order chi connectivity index (χ1) is 14.7. The van der Waals surface area contributed by atoms with Crippen LogP contribution in [0.25, 0.3) is 6.08 Å². The molecular weight excluding hydrogens is 416 g/mol. The fraction of sp³-hybridized carbons (Fsp3) is 0.524. The number of fused-ring (bicyclic) bond motifs is 1. The molecule has 9 nitrogen and oxygen atoms in total. The van der Waals surface area contributed by atoms with E-state index in [1.807, 2.05) is 24.0 Å². The van der Waals surface area contributed by atoms with Gasteiger partial charge in [0.1, 0.15) is 5.82 Å². The van der Waals surface area contributed by atoms with E-state index in [4.69, 9.17) is 0 Å². The maximum atomic E-state index is 12.7. The average molecular weight is 447 g/mol. The maximum absolute atomic E-state index is 12.7. The van der Waals surface area contributed by atoms with Crippen LogP contribution in [0.5, 0.6) is 0 Å². The monoisotopic (exact) mass is 446 g/mol. The summed E-state index contributed by atoms with van der Waals surface area (Å²) in [5.41, 5.74) is 5.25. The predicted molar refractivity (Wildman–Crippen MR) is 119 cm³/mol. The second kappa shape index (κ2) is 8.16. The van der Waals surface area contributed by atoms with E-state index in [-0.39, 0.29) is 11.9 Å². The molecule has 1 aromatic heterocycles. The third-order valence-electron chi connectivity index (χ3n) is 6.21. The molecule has 3 heterocycles. The first-order valence-electron chi connectivity index (χ1n) is 10.6. The number of rotatable bonds is 6. The number of amides is 1. The lowest BCUT2D eigenvalue weighted by atomic mass is 9.93. The Kier molecular flexibility index (Phi) is 5.69. The highest BCUT2D eigenvalue weighted by atomic mass is 32.2. The van der Waals surface area contributed by atoms with Gasteiger partial charge in [0.25, 0.3) is 0 Å². The fourth-order valence-corrected chi connectivity index (χ4v) is 5.15. The summed E-state index contributed by atoms with van der Waals surface area (Å²) < 4.78 is 26.4. The van der Waals surface area contributed by atoms with Crippen molar-refractivity contribution in [2.75, 3.05) is 26.4 Å². The quantitative estimate of drug-likeness (QED) is 0.674. The van der Waals surface area contributed by atoms with Crippen LogP contribution in [0.2, 0.25) is 0 Å². The zero-order chi connectivity index (χ0) is 22.3. The molecular formula is C21H30N6O3S. The largest absolute Gasteiger partial charge is 0.366 e. The molecule has 168 valence electrons. The molecule has 0 atom stereocenters. The first-order valence-corrected chi connectivity index (χ1v) is 12.4. The minimum Gasteiger partial charge on any atom is -0.366 e. The Morgan fingerprint density at radius 2 is 2.06 bits per heavy atom. The smallest absolute Gasteiger partial charge is 0.247 e. The third kappa shape index (κ3) is 4.27. The number of hydrogen-bond acceptors (Lipinski definition) is 6. The Morgan fingerprint density at radius 1 is 1.32 bits per heavy atom. The Labute approximate surface area is 183 Å². The van der Waals surface area contributed by atoms with Crippen LogP contribution in [0.1, 0.15) is 37.6 Å². The Bertz CT molecular complexity index is 1090. The van der Waals surface area contributed by atoms with Crippen molar-refractivity contribution in [2.24, 2.45) is 7.05 Å². The van der Waals surface area contributed by atoms with E-state index in [2.05, 4.69) is 40.6 Å². The van der Waals surface area contributed by atoms with Gasteiger partial charge in [0.05, 0.1) is 36.6 Å². The zero-order valence-electron chi connectivity index (χ0n) is 18.5. The molecule has 1 fully saturated rings. The van der Waals surface area contributed by atoms with E-state index in [1.165, 1.54) is 16.3 Å². The summed E-state index contributed by atoms with van der Waals surface area (Å²) in [6.45, 7) is 3.48. The van der Waals surface area contributed by atoms with Crippen molar-refractivity contribution < 1.29 is 13.2 Å². The van der Waals surface area contributed by atoms with Crippen molar-refractivity contribution in [3.63, 3.8) is 0 Å². The predicted octanol–water partition coefficient (Wildman–Crippen LogP) is 0.898. The molecule has 0 aromatic carbocycles. The van der Waals surface area contributed by atoms with Crippen LogP contribution in [-0.4, -0.2) is 65.5 Å². The second-order valence-corrected chi connectivity index (χ2v) is 10.4. The molecule has 2 N–H and O–H groups in total. The summed E-state index contributed by atoms with van der Waals surface area (Å²) in [5, 5.41) is 6.42. The van der Waals surface area contributed by atoms with Crippen LogP contribution in [0.15, 0.2) is 35.1 Å². The number of carbonyl (C=O) groups excluding carboxylic acids is 1. The second-order valence-electron chi connectivity index (χ2n) is 8.37. The molecule has 2 aliphatic heterocycles. The highest BCUT2D eigenvalue weighted by Gasteiger charge is 2.34. The third-order valence-corrected chi connectivity index (χ3v) is 7.45. The number of carbonyl (C=O) groups is 1. The summed E-state index contributed by atoms with van der Waals surface area (Å²) in [7, 11) is 0.868. The number of nitrogens with zero attached hydrogens (tertiary/aromatic N) is 4.